The van der Waals surface area contributed by atoms with Crippen LogP contribution in [0.3, 0.4) is 0 Å². The van der Waals surface area contributed by atoms with Crippen LogP contribution >= 0.6 is 0 Å². The predicted molar refractivity (Wildman–Crippen MR) is 96.8 cm³/mol. The fourth-order valence-corrected chi connectivity index (χ4v) is 2.37. The van der Waals surface area contributed by atoms with E-state index in [0.717, 1.165) is 5.75 Å². The molecule has 0 fully saturated rings. The number of carbonyl (C=O) groups excluding carboxylic acids is 1. The molecule has 0 radical (unpaired) electrons. The highest BCUT2D eigenvalue weighted by molar-refractivity contribution is 5.77. The number of rotatable bonds is 8. The van der Waals surface area contributed by atoms with Crippen LogP contribution < -0.4 is 14.8 Å². The molecule has 27 heavy (non-hydrogen) atoms. The van der Waals surface area contributed by atoms with Crippen LogP contribution in [0.25, 0.3) is 11.3 Å². The van der Waals surface area contributed by atoms with Crippen LogP contribution in [-0.2, 0) is 11.3 Å². The van der Waals surface area contributed by atoms with Gasteiger partial charge >= 0.3 is 0 Å². The first-order chi connectivity index (χ1) is 13.2. The molecule has 0 unspecified atom stereocenters. The van der Waals surface area contributed by atoms with Gasteiger partial charge < -0.3 is 19.3 Å². The van der Waals surface area contributed by atoms with Crippen molar-refractivity contribution in [3.63, 3.8) is 0 Å². The lowest BCUT2D eigenvalue weighted by molar-refractivity contribution is -0.123. The third-order valence-electron chi connectivity index (χ3n) is 3.67. The van der Waals surface area contributed by atoms with Gasteiger partial charge in [-0.1, -0.05) is 17.3 Å². The van der Waals surface area contributed by atoms with E-state index in [-0.39, 0.29) is 19.1 Å². The molecular formula is C20H19FN2O4. The highest BCUT2D eigenvalue weighted by atomic mass is 19.1. The van der Waals surface area contributed by atoms with Crippen molar-refractivity contribution < 1.29 is 23.2 Å². The summed E-state index contributed by atoms with van der Waals surface area (Å²) in [6.07, 6.45) is 0. The van der Waals surface area contributed by atoms with Crippen LogP contribution in [0.1, 0.15) is 12.6 Å². The van der Waals surface area contributed by atoms with Gasteiger partial charge in [-0.2, -0.15) is 0 Å². The van der Waals surface area contributed by atoms with Crippen LogP contribution in [0, 0.1) is 5.82 Å². The lowest BCUT2D eigenvalue weighted by Crippen LogP contribution is -2.28. The van der Waals surface area contributed by atoms with Gasteiger partial charge in [-0.15, -0.1) is 0 Å². The fraction of sp³-hybridized carbons (Fsp3) is 0.200. The molecule has 3 aromatic rings. The first-order valence-electron chi connectivity index (χ1n) is 8.48. The minimum absolute atomic E-state index is 0.133. The van der Waals surface area contributed by atoms with Gasteiger partial charge in [-0.3, -0.25) is 4.79 Å². The molecule has 2 aromatic carbocycles. The number of benzene rings is 2. The number of nitrogens with zero attached hydrogens (tertiary/aromatic N) is 1. The van der Waals surface area contributed by atoms with Gasteiger partial charge in [0.25, 0.3) is 5.91 Å². The highest BCUT2D eigenvalue weighted by Gasteiger charge is 2.11. The van der Waals surface area contributed by atoms with Crippen molar-refractivity contribution >= 4 is 5.91 Å². The minimum atomic E-state index is -0.395. The van der Waals surface area contributed by atoms with E-state index in [1.807, 2.05) is 6.92 Å². The molecule has 140 valence electrons. The molecule has 0 saturated carbocycles. The molecular weight excluding hydrogens is 351 g/mol. The summed E-state index contributed by atoms with van der Waals surface area (Å²) in [7, 11) is 0. The molecule has 6 nitrogen and oxygen atoms in total. The maximum absolute atomic E-state index is 13.7. The smallest absolute Gasteiger partial charge is 0.258 e. The summed E-state index contributed by atoms with van der Waals surface area (Å²) in [5, 5.41) is 6.52. The van der Waals surface area contributed by atoms with Crippen LogP contribution in [0.2, 0.25) is 0 Å². The van der Waals surface area contributed by atoms with Crippen LogP contribution in [0.5, 0.6) is 11.5 Å². The van der Waals surface area contributed by atoms with E-state index in [9.17, 15) is 9.18 Å². The number of carbonyl (C=O) groups is 1. The molecule has 0 aliphatic carbocycles. The van der Waals surface area contributed by atoms with Crippen LogP contribution in [0.15, 0.2) is 59.1 Å². The van der Waals surface area contributed by atoms with Gasteiger partial charge in [0.15, 0.2) is 12.4 Å². The summed E-state index contributed by atoms with van der Waals surface area (Å²) in [4.78, 5) is 11.9. The molecule has 1 aromatic heterocycles. The molecule has 3 rings (SSSR count). The zero-order valence-electron chi connectivity index (χ0n) is 14.8. The van der Waals surface area contributed by atoms with Gasteiger partial charge in [0.2, 0.25) is 0 Å². The molecule has 0 saturated heterocycles. The third-order valence-corrected chi connectivity index (χ3v) is 3.67. The van der Waals surface area contributed by atoms with Crippen molar-refractivity contribution in [3.8, 4) is 22.8 Å². The maximum Gasteiger partial charge on any atom is 0.258 e. The summed E-state index contributed by atoms with van der Waals surface area (Å²) in [6.45, 7) is 2.52. The lowest BCUT2D eigenvalue weighted by Gasteiger charge is -2.07. The van der Waals surface area contributed by atoms with Crippen molar-refractivity contribution in [2.45, 2.75) is 13.5 Å². The average molecular weight is 370 g/mol. The van der Waals surface area contributed by atoms with Crippen molar-refractivity contribution in [1.29, 1.82) is 0 Å². The van der Waals surface area contributed by atoms with E-state index >= 15 is 0 Å². The Kier molecular flexibility index (Phi) is 6.04. The quantitative estimate of drug-likeness (QED) is 0.656. The second kappa shape index (κ2) is 8.84. The molecule has 0 aliphatic rings. The topological polar surface area (TPSA) is 73.6 Å². The molecule has 1 amide bonds. The molecule has 0 bridgehead atoms. The summed E-state index contributed by atoms with van der Waals surface area (Å²) < 4.78 is 29.6. The van der Waals surface area contributed by atoms with Crippen molar-refractivity contribution in [2.24, 2.45) is 0 Å². The molecule has 0 aliphatic heterocycles. The number of ether oxygens (including phenoxy) is 2. The highest BCUT2D eigenvalue weighted by Crippen LogP contribution is 2.23. The molecule has 0 atom stereocenters. The van der Waals surface area contributed by atoms with Gasteiger partial charge in [0.1, 0.15) is 23.0 Å². The number of aromatic nitrogens is 1. The second-order valence-electron chi connectivity index (χ2n) is 5.63. The number of halogens is 1. The van der Waals surface area contributed by atoms with E-state index < -0.39 is 5.82 Å². The summed E-state index contributed by atoms with van der Waals surface area (Å²) in [5.74, 6) is 0.915. The van der Waals surface area contributed by atoms with E-state index in [4.69, 9.17) is 14.0 Å². The zero-order chi connectivity index (χ0) is 19.1. The van der Waals surface area contributed by atoms with Crippen molar-refractivity contribution in [1.82, 2.24) is 10.5 Å². The molecule has 0 spiro atoms. The van der Waals surface area contributed by atoms with E-state index in [2.05, 4.69) is 10.5 Å². The Hall–Kier alpha value is -3.35. The largest absolute Gasteiger partial charge is 0.494 e. The maximum atomic E-state index is 13.7. The molecule has 1 heterocycles. The lowest BCUT2D eigenvalue weighted by atomic mass is 10.1. The van der Waals surface area contributed by atoms with Crippen molar-refractivity contribution in [3.05, 3.63) is 66.1 Å². The first kappa shape index (κ1) is 18.4. The van der Waals surface area contributed by atoms with E-state index in [1.165, 1.54) is 6.07 Å². The van der Waals surface area contributed by atoms with Gasteiger partial charge in [-0.05, 0) is 43.3 Å². The Balaban J connectivity index is 1.47. The number of nitrogens with one attached hydrogen (secondary N) is 1. The summed E-state index contributed by atoms with van der Waals surface area (Å²) in [5.41, 5.74) is 0.809. The minimum Gasteiger partial charge on any atom is -0.494 e. The monoisotopic (exact) mass is 370 g/mol. The fourth-order valence-electron chi connectivity index (χ4n) is 2.37. The van der Waals surface area contributed by atoms with E-state index in [0.29, 0.717) is 29.4 Å². The third kappa shape index (κ3) is 5.07. The zero-order valence-corrected chi connectivity index (χ0v) is 14.8. The second-order valence-corrected chi connectivity index (χ2v) is 5.63. The first-order valence-corrected chi connectivity index (χ1v) is 8.48. The Labute approximate surface area is 155 Å². The Bertz CT molecular complexity index is 893. The van der Waals surface area contributed by atoms with Gasteiger partial charge in [0, 0.05) is 6.07 Å². The Morgan fingerprint density at radius 1 is 1.11 bits per heavy atom. The van der Waals surface area contributed by atoms with Crippen LogP contribution in [-0.4, -0.2) is 24.3 Å². The number of amides is 1. The van der Waals surface area contributed by atoms with E-state index in [1.54, 1.807) is 48.5 Å². The molecule has 1 N–H and O–H groups in total. The summed E-state index contributed by atoms with van der Waals surface area (Å²) >= 11 is 0. The Morgan fingerprint density at radius 3 is 2.52 bits per heavy atom. The number of hydrogen-bond donors (Lipinski definition) is 1. The Morgan fingerprint density at radius 2 is 1.81 bits per heavy atom. The number of hydrogen-bond acceptors (Lipinski definition) is 5. The normalized spacial score (nSPS) is 10.4. The van der Waals surface area contributed by atoms with Crippen LogP contribution in [0.4, 0.5) is 4.39 Å². The summed E-state index contributed by atoms with van der Waals surface area (Å²) in [6, 6.07) is 14.9. The predicted octanol–water partition coefficient (Wildman–Crippen LogP) is 3.57. The van der Waals surface area contributed by atoms with Gasteiger partial charge in [0.05, 0.1) is 18.7 Å². The molecule has 7 heteroatoms. The van der Waals surface area contributed by atoms with Crippen molar-refractivity contribution in [2.75, 3.05) is 13.2 Å². The SMILES string of the molecule is CCOc1ccc(OCC(=O)NCc2cc(-c3ccccc3F)on2)cc1. The average Bonchev–Trinajstić information content (AvgIpc) is 3.15. The van der Waals surface area contributed by atoms with Gasteiger partial charge in [-0.25, -0.2) is 4.39 Å². The standard InChI is InChI=1S/C20H19FN2O4/c1-2-25-15-7-9-16(10-8-15)26-13-20(24)22-12-14-11-19(27-23-14)17-5-3-4-6-18(17)21/h3-11H,2,12-13H2,1H3,(H,22,24).